The maximum atomic E-state index is 13.9. The smallest absolute Gasteiger partial charge is 0.262 e. The minimum Gasteiger partial charge on any atom is -0.485 e. The number of fused-ring (bicyclic) bond motifs is 2. The first kappa shape index (κ1) is 19.6. The topological polar surface area (TPSA) is 67.9 Å². The highest BCUT2D eigenvalue weighted by Crippen LogP contribution is 2.50. The van der Waals surface area contributed by atoms with Crippen LogP contribution in [0.25, 0.3) is 0 Å². The molecule has 3 aliphatic rings. The lowest BCUT2D eigenvalue weighted by Gasteiger charge is -2.37. The first-order valence-electron chi connectivity index (χ1n) is 10.8. The number of carbonyl (C=O) groups excluding carboxylic acids is 1. The van der Waals surface area contributed by atoms with Gasteiger partial charge in [-0.3, -0.25) is 9.69 Å². The quantitative estimate of drug-likeness (QED) is 0.697. The minimum atomic E-state index is -1.03. The fraction of sp³-hybridized carbons (Fsp3) is 0.417. The molecular weight excluding hydrogens is 442 g/mol. The molecule has 0 bridgehead atoms. The van der Waals surface area contributed by atoms with Gasteiger partial charge in [0.05, 0.1) is 0 Å². The summed E-state index contributed by atoms with van der Waals surface area (Å²) >= 11 is 3.55. The predicted molar refractivity (Wildman–Crippen MR) is 120 cm³/mol. The van der Waals surface area contributed by atoms with E-state index < -0.39 is 5.54 Å². The second-order valence-electron chi connectivity index (χ2n) is 8.61. The van der Waals surface area contributed by atoms with Gasteiger partial charge in [0.25, 0.3) is 5.91 Å². The molecular formula is C24H26BrN3O2. The van der Waals surface area contributed by atoms with Crippen LogP contribution in [0.1, 0.15) is 55.8 Å². The maximum absolute atomic E-state index is 13.9. The van der Waals surface area contributed by atoms with E-state index in [0.29, 0.717) is 30.6 Å². The molecule has 0 aromatic heterocycles. The lowest BCUT2D eigenvalue weighted by molar-refractivity contribution is -0.133. The van der Waals surface area contributed by atoms with Crippen LogP contribution in [0.5, 0.6) is 5.75 Å². The average Bonchev–Trinajstić information content (AvgIpc) is 3.00. The van der Waals surface area contributed by atoms with E-state index in [4.69, 9.17) is 15.5 Å². The molecule has 1 spiro atoms. The van der Waals surface area contributed by atoms with Gasteiger partial charge < -0.3 is 10.5 Å². The van der Waals surface area contributed by atoms with E-state index in [1.807, 2.05) is 48.5 Å². The van der Waals surface area contributed by atoms with Crippen molar-refractivity contribution < 1.29 is 9.53 Å². The Morgan fingerprint density at radius 2 is 1.90 bits per heavy atom. The van der Waals surface area contributed by atoms with E-state index in [1.54, 1.807) is 4.90 Å². The fourth-order valence-corrected chi connectivity index (χ4v) is 5.46. The Labute approximate surface area is 185 Å². The van der Waals surface area contributed by atoms with Crippen LogP contribution in [-0.2, 0) is 10.3 Å². The summed E-state index contributed by atoms with van der Waals surface area (Å²) in [4.78, 5) is 20.4. The van der Waals surface area contributed by atoms with E-state index in [0.717, 1.165) is 28.4 Å². The molecule has 2 aromatic carbocycles. The van der Waals surface area contributed by atoms with Crippen LogP contribution in [0, 0.1) is 5.92 Å². The largest absolute Gasteiger partial charge is 0.485 e. The third-order valence-corrected chi connectivity index (χ3v) is 7.15. The molecule has 5 rings (SSSR count). The number of nitrogens with zero attached hydrogens (tertiary/aromatic N) is 2. The van der Waals surface area contributed by atoms with Crippen molar-refractivity contribution in [2.24, 2.45) is 16.6 Å². The van der Waals surface area contributed by atoms with E-state index in [-0.39, 0.29) is 12.0 Å². The Morgan fingerprint density at radius 3 is 2.67 bits per heavy atom. The van der Waals surface area contributed by atoms with Crippen LogP contribution in [0.2, 0.25) is 0 Å². The number of halogens is 1. The van der Waals surface area contributed by atoms with Crippen molar-refractivity contribution in [2.45, 2.75) is 50.2 Å². The molecule has 1 fully saturated rings. The van der Waals surface area contributed by atoms with Gasteiger partial charge in [-0.2, -0.15) is 0 Å². The summed E-state index contributed by atoms with van der Waals surface area (Å²) in [6, 6.07) is 15.8. The van der Waals surface area contributed by atoms with Crippen molar-refractivity contribution in [3.8, 4) is 5.75 Å². The van der Waals surface area contributed by atoms with Crippen molar-refractivity contribution in [3.63, 3.8) is 0 Å². The number of hydrogen-bond donors (Lipinski definition) is 1. The number of benzene rings is 2. The van der Waals surface area contributed by atoms with Gasteiger partial charge in [0, 0.05) is 23.0 Å². The molecule has 2 N–H and O–H groups in total. The number of guanidine groups is 1. The number of hydrogen-bond acceptors (Lipinski definition) is 4. The molecule has 2 aliphatic heterocycles. The average molecular weight is 468 g/mol. The molecule has 2 atom stereocenters. The highest BCUT2D eigenvalue weighted by molar-refractivity contribution is 9.10. The molecule has 1 saturated carbocycles. The van der Waals surface area contributed by atoms with Crippen molar-refractivity contribution >= 4 is 27.8 Å². The highest BCUT2D eigenvalue weighted by atomic mass is 79.9. The van der Waals surface area contributed by atoms with Crippen LogP contribution in [0.4, 0.5) is 0 Å². The molecule has 2 unspecified atom stereocenters. The van der Waals surface area contributed by atoms with Crippen molar-refractivity contribution in [3.05, 3.63) is 64.1 Å². The number of carbonyl (C=O) groups is 1. The lowest BCUT2D eigenvalue weighted by Crippen LogP contribution is -2.47. The third kappa shape index (κ3) is 3.31. The summed E-state index contributed by atoms with van der Waals surface area (Å²) in [7, 11) is 0. The van der Waals surface area contributed by atoms with Gasteiger partial charge >= 0.3 is 0 Å². The first-order chi connectivity index (χ1) is 14.6. The monoisotopic (exact) mass is 467 g/mol. The number of ether oxygens (including phenoxy) is 1. The van der Waals surface area contributed by atoms with Crippen LogP contribution in [0.3, 0.4) is 0 Å². The Kier molecular flexibility index (Phi) is 5.05. The number of aliphatic imine (C=N–C) groups is 1. The van der Waals surface area contributed by atoms with E-state index >= 15 is 0 Å². The Balaban J connectivity index is 1.54. The molecule has 1 amide bonds. The molecule has 1 aliphatic carbocycles. The van der Waals surface area contributed by atoms with Gasteiger partial charge in [0.15, 0.2) is 11.5 Å². The second kappa shape index (κ2) is 7.73. The van der Waals surface area contributed by atoms with Crippen LogP contribution < -0.4 is 10.5 Å². The first-order valence-corrected chi connectivity index (χ1v) is 11.5. The molecule has 0 saturated heterocycles. The van der Waals surface area contributed by atoms with Gasteiger partial charge in [-0.05, 0) is 42.5 Å². The normalized spacial score (nSPS) is 26.4. The zero-order valence-corrected chi connectivity index (χ0v) is 18.5. The summed E-state index contributed by atoms with van der Waals surface area (Å²) in [5.74, 6) is 1.51. The fourth-order valence-electron chi connectivity index (χ4n) is 5.10. The summed E-state index contributed by atoms with van der Waals surface area (Å²) in [6.07, 6.45) is 6.25. The summed E-state index contributed by atoms with van der Waals surface area (Å²) < 4.78 is 7.22. The molecule has 2 heterocycles. The Hall–Kier alpha value is -2.34. The molecule has 5 nitrogen and oxygen atoms in total. The molecule has 2 aromatic rings. The summed E-state index contributed by atoms with van der Waals surface area (Å²) in [6.45, 7) is 0.663. The number of amides is 1. The van der Waals surface area contributed by atoms with Gasteiger partial charge in [-0.25, -0.2) is 4.99 Å². The van der Waals surface area contributed by atoms with Crippen molar-refractivity contribution in [1.29, 1.82) is 0 Å². The van der Waals surface area contributed by atoms with E-state index in [1.165, 1.54) is 19.3 Å². The van der Waals surface area contributed by atoms with Gasteiger partial charge in [-0.15, -0.1) is 0 Å². The zero-order valence-electron chi connectivity index (χ0n) is 16.9. The van der Waals surface area contributed by atoms with E-state index in [9.17, 15) is 4.79 Å². The highest BCUT2D eigenvalue weighted by Gasteiger charge is 2.54. The van der Waals surface area contributed by atoms with Crippen molar-refractivity contribution in [2.75, 3.05) is 6.54 Å². The standard InChI is InChI=1S/C24H26BrN3O2/c25-18-11-12-20-19(13-18)24(14-21(30-20)17-9-5-2-6-10-17)22(29)28(23(26)27-24)15-16-7-3-1-4-8-16/h2,5-6,9-13,16,21H,1,3-4,7-8,14-15H2,(H2,26,27). The number of nitrogens with two attached hydrogens (primary N) is 1. The van der Waals surface area contributed by atoms with E-state index in [2.05, 4.69) is 15.9 Å². The third-order valence-electron chi connectivity index (χ3n) is 6.66. The molecule has 156 valence electrons. The predicted octanol–water partition coefficient (Wildman–Crippen LogP) is 4.91. The summed E-state index contributed by atoms with van der Waals surface area (Å²) in [5.41, 5.74) is 7.18. The van der Waals surface area contributed by atoms with Gasteiger partial charge in [-0.1, -0.05) is 65.5 Å². The van der Waals surface area contributed by atoms with Crippen LogP contribution >= 0.6 is 15.9 Å². The Morgan fingerprint density at radius 1 is 1.13 bits per heavy atom. The van der Waals surface area contributed by atoms with Gasteiger partial charge in [0.1, 0.15) is 11.9 Å². The van der Waals surface area contributed by atoms with Crippen molar-refractivity contribution in [1.82, 2.24) is 4.90 Å². The SMILES string of the molecule is NC1=NC2(CC(c3ccccc3)Oc3ccc(Br)cc32)C(=O)N1CC1CCCCC1. The van der Waals surface area contributed by atoms with Crippen LogP contribution in [0.15, 0.2) is 58.0 Å². The molecule has 0 radical (unpaired) electrons. The lowest BCUT2D eigenvalue weighted by atomic mass is 9.80. The van der Waals surface area contributed by atoms with Gasteiger partial charge in [0.2, 0.25) is 0 Å². The zero-order chi connectivity index (χ0) is 20.7. The summed E-state index contributed by atoms with van der Waals surface area (Å²) in [5, 5.41) is 0. The second-order valence-corrected chi connectivity index (χ2v) is 9.53. The molecule has 30 heavy (non-hydrogen) atoms. The number of rotatable bonds is 3. The molecule has 6 heteroatoms. The maximum Gasteiger partial charge on any atom is 0.262 e. The Bertz CT molecular complexity index is 987. The van der Waals surface area contributed by atoms with Crippen LogP contribution in [-0.4, -0.2) is 23.3 Å². The minimum absolute atomic E-state index is 0.0193.